The van der Waals surface area contributed by atoms with E-state index in [9.17, 15) is 22.0 Å². The minimum absolute atomic E-state index is 0.0492. The molecule has 2 unspecified atom stereocenters. The summed E-state index contributed by atoms with van der Waals surface area (Å²) in [5, 5.41) is 0. The number of halogens is 5. The van der Waals surface area contributed by atoms with E-state index in [2.05, 4.69) is 6.92 Å². The van der Waals surface area contributed by atoms with Crippen LogP contribution in [0, 0.1) is 29.1 Å². The molecule has 0 radical (unpaired) electrons. The summed E-state index contributed by atoms with van der Waals surface area (Å²) in [6.07, 6.45) is 7.15. The van der Waals surface area contributed by atoms with Gasteiger partial charge in [0.15, 0.2) is 23.3 Å². The average molecular weight is 497 g/mol. The number of ether oxygens (including phenoxy) is 3. The summed E-state index contributed by atoms with van der Waals surface area (Å²) in [5.41, 5.74) is -0.823. The van der Waals surface area contributed by atoms with Crippen molar-refractivity contribution in [1.82, 2.24) is 0 Å². The summed E-state index contributed by atoms with van der Waals surface area (Å²) in [6.45, 7) is 9.87. The molecule has 2 atom stereocenters. The molecule has 0 saturated heterocycles. The van der Waals surface area contributed by atoms with E-state index >= 15 is 0 Å². The number of hydrogen-bond acceptors (Lipinski definition) is 3. The van der Waals surface area contributed by atoms with Crippen molar-refractivity contribution in [1.29, 1.82) is 0 Å². The second kappa shape index (κ2) is 15.7. The third-order valence-corrected chi connectivity index (χ3v) is 5.55. The number of rotatable bonds is 17. The quantitative estimate of drug-likeness (QED) is 0.0711. The van der Waals surface area contributed by atoms with E-state index in [1.165, 1.54) is 26.2 Å². The first-order valence-electron chi connectivity index (χ1n) is 12.5. The van der Waals surface area contributed by atoms with E-state index in [1.807, 2.05) is 27.7 Å². The first-order chi connectivity index (χ1) is 16.0. The lowest BCUT2D eigenvalue weighted by Crippen LogP contribution is -2.32. The van der Waals surface area contributed by atoms with Crippen molar-refractivity contribution in [2.24, 2.45) is 0 Å². The fraction of sp³-hybridized carbons (Fsp3) is 0.769. The highest BCUT2D eigenvalue weighted by molar-refractivity contribution is 5.27. The summed E-state index contributed by atoms with van der Waals surface area (Å²) in [4.78, 5) is 0. The van der Waals surface area contributed by atoms with Gasteiger partial charge in [0.2, 0.25) is 5.82 Å². The molecule has 0 spiro atoms. The zero-order valence-electron chi connectivity index (χ0n) is 21.4. The normalized spacial score (nSPS) is 13.9. The van der Waals surface area contributed by atoms with Crippen molar-refractivity contribution in [3.05, 3.63) is 34.6 Å². The summed E-state index contributed by atoms with van der Waals surface area (Å²) < 4.78 is 87.1. The van der Waals surface area contributed by atoms with E-state index < -0.39 is 53.1 Å². The Hall–Kier alpha value is -1.25. The van der Waals surface area contributed by atoms with Gasteiger partial charge < -0.3 is 14.2 Å². The van der Waals surface area contributed by atoms with Crippen molar-refractivity contribution < 1.29 is 36.2 Å². The van der Waals surface area contributed by atoms with Gasteiger partial charge in [-0.1, -0.05) is 58.8 Å². The topological polar surface area (TPSA) is 27.7 Å². The molecule has 1 aromatic carbocycles. The van der Waals surface area contributed by atoms with Gasteiger partial charge in [-0.15, -0.1) is 0 Å². The summed E-state index contributed by atoms with van der Waals surface area (Å²) in [5.74, 6) is -10.6. The Balaban J connectivity index is 2.98. The van der Waals surface area contributed by atoms with E-state index in [-0.39, 0.29) is 18.6 Å². The minimum Gasteiger partial charge on any atom is -0.327 e. The molecule has 0 amide bonds. The summed E-state index contributed by atoms with van der Waals surface area (Å²) in [7, 11) is 0. The fourth-order valence-electron chi connectivity index (χ4n) is 3.84. The Bertz CT molecular complexity index is 688. The lowest BCUT2D eigenvalue weighted by atomic mass is 9.91. The molecule has 34 heavy (non-hydrogen) atoms. The van der Waals surface area contributed by atoms with Crippen molar-refractivity contribution >= 4 is 0 Å². The van der Waals surface area contributed by atoms with Gasteiger partial charge in [-0.3, -0.25) is 0 Å². The van der Waals surface area contributed by atoms with Gasteiger partial charge in [0.1, 0.15) is 0 Å². The van der Waals surface area contributed by atoms with Crippen molar-refractivity contribution in [2.45, 2.75) is 130 Å². The zero-order valence-corrected chi connectivity index (χ0v) is 21.4. The molecule has 3 nitrogen and oxygen atoms in total. The Morgan fingerprint density at radius 3 is 1.50 bits per heavy atom. The van der Waals surface area contributed by atoms with E-state index in [4.69, 9.17) is 14.2 Å². The van der Waals surface area contributed by atoms with Gasteiger partial charge in [-0.2, -0.15) is 0 Å². The number of unbranched alkanes of at least 4 members (excludes halogenated alkanes) is 6. The van der Waals surface area contributed by atoms with Crippen LogP contribution in [-0.4, -0.2) is 24.8 Å². The van der Waals surface area contributed by atoms with Crippen LogP contribution in [0.4, 0.5) is 22.0 Å². The second-order valence-electron chi connectivity index (χ2n) is 9.45. The molecule has 0 bridgehead atoms. The van der Waals surface area contributed by atoms with Crippen LogP contribution in [0.1, 0.15) is 111 Å². The van der Waals surface area contributed by atoms with Gasteiger partial charge in [0.05, 0.1) is 18.3 Å². The molecule has 1 aromatic rings. The highest BCUT2D eigenvalue weighted by atomic mass is 19.2. The predicted molar refractivity (Wildman–Crippen MR) is 123 cm³/mol. The Kier molecular flexibility index (Phi) is 14.2. The maximum atomic E-state index is 14.4. The van der Waals surface area contributed by atoms with Crippen LogP contribution in [-0.2, 0) is 14.2 Å². The van der Waals surface area contributed by atoms with Gasteiger partial charge in [0, 0.05) is 5.56 Å². The first kappa shape index (κ1) is 30.8. The highest BCUT2D eigenvalue weighted by Gasteiger charge is 2.31. The maximum Gasteiger partial charge on any atom is 0.272 e. The zero-order chi connectivity index (χ0) is 25.8. The van der Waals surface area contributed by atoms with Crippen LogP contribution in [0.5, 0.6) is 0 Å². The standard InChI is InChI=1S/C26H41F5O3/c1-7-8-9-10-11-12-13-14-19(34-26(32-16(2)3)33-17(4)5)15-18(6)20-21(27)23(29)25(31)24(30)22(20)28/h16-19,26H,7-15H2,1-6H3. The molecular weight excluding hydrogens is 455 g/mol. The maximum absolute atomic E-state index is 14.4. The van der Waals surface area contributed by atoms with Crippen LogP contribution in [0.15, 0.2) is 0 Å². The number of hydrogen-bond donors (Lipinski definition) is 0. The van der Waals surface area contributed by atoms with Gasteiger partial charge in [-0.25, -0.2) is 22.0 Å². The molecule has 8 heteroatoms. The van der Waals surface area contributed by atoms with Gasteiger partial charge in [0.25, 0.3) is 6.48 Å². The molecule has 1 rings (SSSR count). The van der Waals surface area contributed by atoms with Crippen molar-refractivity contribution in [2.75, 3.05) is 0 Å². The molecule has 198 valence electrons. The molecule has 0 N–H and O–H groups in total. The predicted octanol–water partition coefficient (Wildman–Crippen LogP) is 8.54. The van der Waals surface area contributed by atoms with Crippen LogP contribution >= 0.6 is 0 Å². The van der Waals surface area contributed by atoms with Crippen LogP contribution < -0.4 is 0 Å². The van der Waals surface area contributed by atoms with Gasteiger partial charge >= 0.3 is 0 Å². The van der Waals surface area contributed by atoms with Crippen LogP contribution in [0.25, 0.3) is 0 Å². The molecule has 0 heterocycles. The minimum atomic E-state index is -2.16. The molecule has 0 aromatic heterocycles. The smallest absolute Gasteiger partial charge is 0.272 e. The third kappa shape index (κ3) is 10.2. The second-order valence-corrected chi connectivity index (χ2v) is 9.45. The lowest BCUT2D eigenvalue weighted by molar-refractivity contribution is -0.327. The van der Waals surface area contributed by atoms with Crippen LogP contribution in [0.2, 0.25) is 0 Å². The largest absolute Gasteiger partial charge is 0.327 e. The average Bonchev–Trinajstić information content (AvgIpc) is 2.74. The molecule has 0 saturated carbocycles. The summed E-state index contributed by atoms with van der Waals surface area (Å²) >= 11 is 0. The Labute approximate surface area is 201 Å². The SMILES string of the molecule is CCCCCCCCCC(CC(C)c1c(F)c(F)c(F)c(F)c1F)OC(OC(C)C)OC(C)C. The van der Waals surface area contributed by atoms with Crippen LogP contribution in [0.3, 0.4) is 0 Å². The number of benzene rings is 1. The van der Waals surface area contributed by atoms with Crippen molar-refractivity contribution in [3.63, 3.8) is 0 Å². The molecule has 0 aliphatic heterocycles. The Morgan fingerprint density at radius 1 is 0.588 bits per heavy atom. The fourth-order valence-corrected chi connectivity index (χ4v) is 3.84. The highest BCUT2D eigenvalue weighted by Crippen LogP contribution is 2.33. The van der Waals surface area contributed by atoms with Crippen molar-refractivity contribution in [3.8, 4) is 0 Å². The van der Waals surface area contributed by atoms with E-state index in [0.717, 1.165) is 25.7 Å². The van der Waals surface area contributed by atoms with E-state index in [1.54, 1.807) is 0 Å². The summed E-state index contributed by atoms with van der Waals surface area (Å²) in [6, 6.07) is 0. The molecule has 0 aliphatic rings. The Morgan fingerprint density at radius 2 is 1.03 bits per heavy atom. The molecule has 0 fully saturated rings. The molecule has 0 aliphatic carbocycles. The molecular formula is C26H41F5O3. The third-order valence-electron chi connectivity index (χ3n) is 5.55. The first-order valence-corrected chi connectivity index (χ1v) is 12.5. The monoisotopic (exact) mass is 496 g/mol. The van der Waals surface area contributed by atoms with Gasteiger partial charge in [-0.05, 0) is 46.5 Å². The van der Waals surface area contributed by atoms with E-state index in [0.29, 0.717) is 6.42 Å². The lowest BCUT2D eigenvalue weighted by Gasteiger charge is -2.29.